The highest BCUT2D eigenvalue weighted by Crippen LogP contribution is 2.19. The molecule has 0 radical (unpaired) electrons. The minimum Gasteiger partial charge on any atom is -0.464 e. The second-order valence-electron chi connectivity index (χ2n) is 4.47. The predicted molar refractivity (Wildman–Crippen MR) is 75.1 cm³/mol. The van der Waals surface area contributed by atoms with Crippen molar-refractivity contribution in [3.8, 4) is 0 Å². The van der Waals surface area contributed by atoms with Gasteiger partial charge in [-0.3, -0.25) is 10.1 Å². The maximum Gasteiger partial charge on any atom is 0.356 e. The van der Waals surface area contributed by atoms with Crippen molar-refractivity contribution in [1.82, 2.24) is 9.55 Å². The Morgan fingerprint density at radius 2 is 2.14 bits per heavy atom. The number of methoxy groups -OCH3 is 1. The van der Waals surface area contributed by atoms with Crippen LogP contribution in [0.4, 0.5) is 5.69 Å². The monoisotopic (exact) mass is 289 g/mol. The zero-order chi connectivity index (χ0) is 15.4. The number of hydrogen-bond donors (Lipinski definition) is 0. The molecule has 7 nitrogen and oxygen atoms in total. The van der Waals surface area contributed by atoms with Crippen molar-refractivity contribution in [1.29, 1.82) is 0 Å². The Labute approximate surface area is 121 Å². The van der Waals surface area contributed by atoms with Crippen LogP contribution < -0.4 is 0 Å². The summed E-state index contributed by atoms with van der Waals surface area (Å²) in [5, 5.41) is 11.0. The van der Waals surface area contributed by atoms with E-state index in [1.54, 1.807) is 29.7 Å². The van der Waals surface area contributed by atoms with Crippen LogP contribution in [0.1, 0.15) is 21.9 Å². The summed E-state index contributed by atoms with van der Waals surface area (Å²) in [7, 11) is 1.30. The third-order valence-electron chi connectivity index (χ3n) is 3.24. The summed E-state index contributed by atoms with van der Waals surface area (Å²) in [6.07, 6.45) is 1.87. The van der Waals surface area contributed by atoms with Gasteiger partial charge in [0.1, 0.15) is 11.5 Å². The van der Waals surface area contributed by atoms with Gasteiger partial charge < -0.3 is 9.30 Å². The fourth-order valence-electron chi connectivity index (χ4n) is 2.15. The Balaban J connectivity index is 2.23. The first-order valence-electron chi connectivity index (χ1n) is 6.37. The first-order chi connectivity index (χ1) is 10.0. The molecule has 7 heteroatoms. The Morgan fingerprint density at radius 3 is 2.81 bits per heavy atom. The summed E-state index contributed by atoms with van der Waals surface area (Å²) in [6, 6.07) is 6.56. The lowest BCUT2D eigenvalue weighted by Crippen LogP contribution is -2.13. The summed E-state index contributed by atoms with van der Waals surface area (Å²) < 4.78 is 6.39. The predicted octanol–water partition coefficient (Wildman–Crippen LogP) is 2.13. The van der Waals surface area contributed by atoms with Crippen LogP contribution in [0, 0.1) is 17.0 Å². The Morgan fingerprint density at radius 1 is 1.43 bits per heavy atom. The number of aryl methyl sites for hydroxylation is 2. The van der Waals surface area contributed by atoms with Gasteiger partial charge in [-0.15, -0.1) is 0 Å². The van der Waals surface area contributed by atoms with Crippen LogP contribution in [-0.4, -0.2) is 27.6 Å². The average molecular weight is 289 g/mol. The van der Waals surface area contributed by atoms with E-state index in [-0.39, 0.29) is 5.69 Å². The lowest BCUT2D eigenvalue weighted by Gasteiger charge is -2.09. The van der Waals surface area contributed by atoms with Crippen LogP contribution in [0.5, 0.6) is 0 Å². The lowest BCUT2D eigenvalue weighted by atomic mass is 10.1. The van der Waals surface area contributed by atoms with E-state index < -0.39 is 10.9 Å². The number of hydrogen-bond acceptors (Lipinski definition) is 5. The van der Waals surface area contributed by atoms with Crippen molar-refractivity contribution >= 4 is 11.7 Å². The molecular weight excluding hydrogens is 274 g/mol. The molecule has 2 rings (SSSR count). The number of rotatable bonds is 5. The molecule has 1 aromatic heterocycles. The number of para-hydroxylation sites is 1. The van der Waals surface area contributed by atoms with Gasteiger partial charge in [0.15, 0.2) is 0 Å². The molecule has 0 aliphatic heterocycles. The number of imidazole rings is 1. The minimum atomic E-state index is -0.474. The number of ether oxygens (including phenoxy) is 1. The number of nitro groups is 1. The Bertz CT molecular complexity index is 679. The number of nitrogens with zero attached hydrogens (tertiary/aromatic N) is 3. The van der Waals surface area contributed by atoms with E-state index in [1.807, 2.05) is 0 Å². The maximum atomic E-state index is 11.6. The highest BCUT2D eigenvalue weighted by molar-refractivity contribution is 5.87. The Kier molecular flexibility index (Phi) is 4.32. The highest BCUT2D eigenvalue weighted by atomic mass is 16.6. The average Bonchev–Trinajstić information content (AvgIpc) is 2.85. The third-order valence-corrected chi connectivity index (χ3v) is 3.24. The van der Waals surface area contributed by atoms with Crippen LogP contribution in [0.25, 0.3) is 0 Å². The first-order valence-corrected chi connectivity index (χ1v) is 6.37. The molecule has 0 bridgehead atoms. The largest absolute Gasteiger partial charge is 0.464 e. The summed E-state index contributed by atoms with van der Waals surface area (Å²) in [5.74, 6) is 0.187. The van der Waals surface area contributed by atoms with Gasteiger partial charge in [0, 0.05) is 18.2 Å². The van der Waals surface area contributed by atoms with Crippen molar-refractivity contribution in [3.05, 3.63) is 57.7 Å². The fraction of sp³-hybridized carbons (Fsp3) is 0.286. The molecule has 0 spiro atoms. The molecule has 0 amide bonds. The minimum absolute atomic E-state index is 0.0786. The molecule has 0 aliphatic carbocycles. The molecular formula is C14H15N3O4. The van der Waals surface area contributed by atoms with Crippen molar-refractivity contribution in [2.24, 2.45) is 0 Å². The lowest BCUT2D eigenvalue weighted by molar-refractivity contribution is -0.385. The smallest absolute Gasteiger partial charge is 0.356 e. The van der Waals surface area contributed by atoms with E-state index in [1.165, 1.54) is 19.4 Å². The molecule has 0 atom stereocenters. The van der Waals surface area contributed by atoms with Gasteiger partial charge in [-0.25, -0.2) is 9.78 Å². The molecule has 0 saturated heterocycles. The zero-order valence-electron chi connectivity index (χ0n) is 11.8. The fourth-order valence-corrected chi connectivity index (χ4v) is 2.15. The molecule has 0 unspecified atom stereocenters. The van der Waals surface area contributed by atoms with Crippen molar-refractivity contribution in [3.63, 3.8) is 0 Å². The molecule has 0 saturated carbocycles. The van der Waals surface area contributed by atoms with Gasteiger partial charge in [0.2, 0.25) is 0 Å². The number of nitro benzene ring substituents is 1. The van der Waals surface area contributed by atoms with Crippen LogP contribution in [0.2, 0.25) is 0 Å². The van der Waals surface area contributed by atoms with Crippen LogP contribution in [0.3, 0.4) is 0 Å². The molecule has 2 aromatic rings. The van der Waals surface area contributed by atoms with Crippen molar-refractivity contribution < 1.29 is 14.5 Å². The van der Waals surface area contributed by atoms with Gasteiger partial charge in [-0.1, -0.05) is 18.2 Å². The molecule has 1 heterocycles. The first kappa shape index (κ1) is 14.7. The molecule has 0 N–H and O–H groups in total. The standard InChI is InChI=1S/C14H15N3O4/c1-10-15-9-13(14(18)21-2)16(10)8-7-11-5-3-4-6-12(11)17(19)20/h3-6,9H,7-8H2,1-2H3. The van der Waals surface area contributed by atoms with E-state index in [9.17, 15) is 14.9 Å². The van der Waals surface area contributed by atoms with Crippen molar-refractivity contribution in [2.45, 2.75) is 19.9 Å². The van der Waals surface area contributed by atoms with Gasteiger partial charge >= 0.3 is 5.97 Å². The van der Waals surface area contributed by atoms with E-state index in [0.717, 1.165) is 0 Å². The SMILES string of the molecule is COC(=O)c1cnc(C)n1CCc1ccccc1[N+](=O)[O-]. The molecule has 1 aromatic carbocycles. The zero-order valence-corrected chi connectivity index (χ0v) is 11.8. The van der Waals surface area contributed by atoms with E-state index in [2.05, 4.69) is 4.98 Å². The van der Waals surface area contributed by atoms with Gasteiger partial charge in [0.05, 0.1) is 18.2 Å². The number of carbonyl (C=O) groups excluding carboxylic acids is 1. The normalized spacial score (nSPS) is 10.4. The van der Waals surface area contributed by atoms with Gasteiger partial charge in [-0.05, 0) is 13.3 Å². The topological polar surface area (TPSA) is 87.3 Å². The maximum absolute atomic E-state index is 11.6. The number of esters is 1. The number of carbonyl (C=O) groups is 1. The van der Waals surface area contributed by atoms with Gasteiger partial charge in [-0.2, -0.15) is 0 Å². The molecule has 0 fully saturated rings. The quantitative estimate of drug-likeness (QED) is 0.478. The van der Waals surface area contributed by atoms with Crippen LogP contribution in [0.15, 0.2) is 30.5 Å². The Hall–Kier alpha value is -2.70. The van der Waals surface area contributed by atoms with E-state index in [0.29, 0.717) is 30.0 Å². The van der Waals surface area contributed by atoms with Crippen molar-refractivity contribution in [2.75, 3.05) is 7.11 Å². The summed E-state index contributed by atoms with van der Waals surface area (Å²) >= 11 is 0. The molecule has 21 heavy (non-hydrogen) atoms. The van der Waals surface area contributed by atoms with E-state index >= 15 is 0 Å². The van der Waals surface area contributed by atoms with Crippen LogP contribution >= 0.6 is 0 Å². The number of benzene rings is 1. The molecule has 110 valence electrons. The highest BCUT2D eigenvalue weighted by Gasteiger charge is 2.17. The summed E-state index contributed by atoms with van der Waals surface area (Å²) in [4.78, 5) is 26.3. The second kappa shape index (κ2) is 6.17. The third kappa shape index (κ3) is 3.07. The summed E-state index contributed by atoms with van der Waals surface area (Å²) in [6.45, 7) is 2.19. The van der Waals surface area contributed by atoms with Crippen LogP contribution in [-0.2, 0) is 17.7 Å². The number of aromatic nitrogens is 2. The van der Waals surface area contributed by atoms with Gasteiger partial charge in [0.25, 0.3) is 5.69 Å². The summed E-state index contributed by atoms with van der Waals surface area (Å²) in [5.41, 5.74) is 1.04. The second-order valence-corrected chi connectivity index (χ2v) is 4.47. The molecule has 0 aliphatic rings. The van der Waals surface area contributed by atoms with E-state index in [4.69, 9.17) is 4.74 Å².